The van der Waals surface area contributed by atoms with Gasteiger partial charge >= 0.3 is 0 Å². The maximum absolute atomic E-state index is 15.1. The van der Waals surface area contributed by atoms with Gasteiger partial charge in [-0.05, 0) is 71.6 Å². The molecule has 0 fully saturated rings. The number of benzene rings is 3. The Morgan fingerprint density at radius 3 is 2.38 bits per heavy atom. The van der Waals surface area contributed by atoms with Gasteiger partial charge in [0.2, 0.25) is 0 Å². The van der Waals surface area contributed by atoms with E-state index in [1.165, 1.54) is 53.3 Å². The van der Waals surface area contributed by atoms with Crippen LogP contribution in [0.1, 0.15) is 36.5 Å². The van der Waals surface area contributed by atoms with Crippen molar-refractivity contribution in [2.24, 2.45) is 0 Å². The second-order valence-corrected chi connectivity index (χ2v) is 11.2. The van der Waals surface area contributed by atoms with Gasteiger partial charge in [-0.3, -0.25) is 14.6 Å². The van der Waals surface area contributed by atoms with Crippen LogP contribution in [-0.4, -0.2) is 23.1 Å². The zero-order chi connectivity index (χ0) is 29.5. The molecule has 0 atom stereocenters. The third kappa shape index (κ3) is 7.51. The van der Waals surface area contributed by atoms with Gasteiger partial charge in [0.25, 0.3) is 0 Å². The van der Waals surface area contributed by atoms with Gasteiger partial charge in [-0.1, -0.05) is 43.3 Å². The highest BCUT2D eigenvalue weighted by atomic mass is 32.1. The van der Waals surface area contributed by atoms with E-state index in [1.807, 2.05) is 12.1 Å². The van der Waals surface area contributed by atoms with E-state index >= 15 is 4.39 Å². The number of Topliss-reactive ketones (excluding diaryl/α,β-unsaturated/α-hetero) is 2. The number of pyridine rings is 1. The monoisotopic (exact) mass is 584 g/mol. The first-order valence-electron chi connectivity index (χ1n) is 13.8. The topological polar surface area (TPSA) is 68.3 Å². The van der Waals surface area contributed by atoms with Crippen molar-refractivity contribution in [1.29, 1.82) is 0 Å². The second-order valence-electron chi connectivity index (χ2n) is 10.1. The summed E-state index contributed by atoms with van der Waals surface area (Å²) in [5, 5.41) is 3.42. The van der Waals surface area contributed by atoms with Crippen LogP contribution in [-0.2, 0) is 29.0 Å². The normalized spacial score (nSPS) is 11.1. The van der Waals surface area contributed by atoms with Crippen LogP contribution >= 0.6 is 11.3 Å². The summed E-state index contributed by atoms with van der Waals surface area (Å²) in [7, 11) is 0. The highest BCUT2D eigenvalue weighted by Gasteiger charge is 2.16. The van der Waals surface area contributed by atoms with Crippen molar-refractivity contribution in [3.05, 3.63) is 113 Å². The van der Waals surface area contributed by atoms with Crippen LogP contribution in [0.2, 0.25) is 0 Å². The van der Waals surface area contributed by atoms with Crippen LogP contribution in [0.25, 0.3) is 20.7 Å². The number of hydrogen-bond acceptors (Lipinski definition) is 6. The maximum Gasteiger partial charge on any atom is 0.166 e. The first-order chi connectivity index (χ1) is 20.4. The van der Waals surface area contributed by atoms with Crippen LogP contribution in [0.3, 0.4) is 0 Å². The molecule has 0 aliphatic heterocycles. The van der Waals surface area contributed by atoms with Crippen molar-refractivity contribution in [3.8, 4) is 21.9 Å². The fraction of sp³-hybridized carbons (Fsp3) is 0.206. The molecule has 0 aliphatic carbocycles. The number of rotatable bonds is 13. The first kappa shape index (κ1) is 29.2. The van der Waals surface area contributed by atoms with Gasteiger partial charge in [0.1, 0.15) is 23.1 Å². The van der Waals surface area contributed by atoms with E-state index in [0.29, 0.717) is 16.9 Å². The summed E-state index contributed by atoms with van der Waals surface area (Å²) in [6, 6.07) is 22.0. The minimum atomic E-state index is -0.605. The molecule has 2 heterocycles. The summed E-state index contributed by atoms with van der Waals surface area (Å²) in [5.41, 5.74) is 4.12. The molecule has 2 aromatic heterocycles. The number of ether oxygens (including phenoxy) is 1. The standard InChI is InChI=1S/C34H30F2N2O3S/c1-2-13-37-21-24-4-3-5-25(15-24)33-20-30-34(42-33)32(12-14-38-30)41-31-11-8-23(18-29(31)36)17-28(40)19-27(39)16-22-6-9-26(35)10-7-22/h3-12,14-15,18,20,37H,2,13,16-17,19,21H2,1H3. The molecule has 214 valence electrons. The summed E-state index contributed by atoms with van der Waals surface area (Å²) in [6.45, 7) is 3.90. The van der Waals surface area contributed by atoms with E-state index < -0.39 is 5.82 Å². The number of fused-ring (bicyclic) bond motifs is 1. The molecule has 5 aromatic rings. The maximum atomic E-state index is 15.1. The van der Waals surface area contributed by atoms with Gasteiger partial charge in [-0.15, -0.1) is 11.3 Å². The lowest BCUT2D eigenvalue weighted by atomic mass is 10.0. The number of halogens is 2. The Kier molecular flexibility index (Phi) is 9.46. The number of thiophene rings is 1. The van der Waals surface area contributed by atoms with E-state index in [4.69, 9.17) is 4.74 Å². The molecule has 0 radical (unpaired) electrons. The highest BCUT2D eigenvalue weighted by Crippen LogP contribution is 2.39. The molecule has 0 saturated carbocycles. The predicted octanol–water partition coefficient (Wildman–Crippen LogP) is 7.85. The van der Waals surface area contributed by atoms with Gasteiger partial charge in [-0.25, -0.2) is 8.78 Å². The van der Waals surface area contributed by atoms with Gasteiger partial charge in [0, 0.05) is 36.5 Å². The summed E-state index contributed by atoms with van der Waals surface area (Å²) in [5.74, 6) is -1.06. The quantitative estimate of drug-likeness (QED) is 0.113. The molecule has 1 N–H and O–H groups in total. The molecule has 8 heteroatoms. The third-order valence-electron chi connectivity index (χ3n) is 6.67. The molecule has 42 heavy (non-hydrogen) atoms. The van der Waals surface area contributed by atoms with Crippen molar-refractivity contribution < 1.29 is 23.1 Å². The van der Waals surface area contributed by atoms with Crippen LogP contribution in [0.5, 0.6) is 11.5 Å². The summed E-state index contributed by atoms with van der Waals surface area (Å²) >= 11 is 1.53. The van der Waals surface area contributed by atoms with E-state index in [9.17, 15) is 14.0 Å². The number of carbonyl (C=O) groups excluding carboxylic acids is 2. The SMILES string of the molecule is CCCNCc1cccc(-c2cc3nccc(Oc4ccc(CC(=O)CC(=O)Cc5ccc(F)cc5)cc4F)c3s2)c1. The Morgan fingerprint density at radius 1 is 0.857 bits per heavy atom. The lowest BCUT2D eigenvalue weighted by Crippen LogP contribution is -2.13. The molecule has 5 nitrogen and oxygen atoms in total. The zero-order valence-electron chi connectivity index (χ0n) is 23.2. The number of nitrogens with one attached hydrogen (secondary N) is 1. The zero-order valence-corrected chi connectivity index (χ0v) is 24.0. The van der Waals surface area contributed by atoms with E-state index in [-0.39, 0.29) is 42.4 Å². The Hall–Kier alpha value is -4.27. The molecule has 0 unspecified atom stereocenters. The molecule has 5 rings (SSSR count). The second kappa shape index (κ2) is 13.6. The average Bonchev–Trinajstić information content (AvgIpc) is 3.42. The molecule has 0 amide bonds. The number of carbonyl (C=O) groups is 2. The Morgan fingerprint density at radius 2 is 1.62 bits per heavy atom. The Labute approximate surface area is 247 Å². The summed E-state index contributed by atoms with van der Waals surface area (Å²) < 4.78 is 34.9. The number of ketones is 2. The third-order valence-corrected chi connectivity index (χ3v) is 7.86. The van der Waals surface area contributed by atoms with Crippen LogP contribution in [0, 0.1) is 11.6 Å². The minimum absolute atomic E-state index is 0.0324. The molecular weight excluding hydrogens is 554 g/mol. The van der Waals surface area contributed by atoms with Crippen LogP contribution in [0.4, 0.5) is 8.78 Å². The number of aromatic nitrogens is 1. The van der Waals surface area contributed by atoms with E-state index in [1.54, 1.807) is 18.3 Å². The van der Waals surface area contributed by atoms with Crippen LogP contribution in [0.15, 0.2) is 85.1 Å². The first-order valence-corrected chi connectivity index (χ1v) is 14.6. The van der Waals surface area contributed by atoms with Crippen molar-refractivity contribution in [2.75, 3.05) is 6.54 Å². The van der Waals surface area contributed by atoms with Crippen molar-refractivity contribution in [1.82, 2.24) is 10.3 Å². The molecule has 0 aliphatic rings. The molecule has 3 aromatic carbocycles. The van der Waals surface area contributed by atoms with Gasteiger partial charge in [0.05, 0.1) is 16.6 Å². The average molecular weight is 585 g/mol. The Balaban J connectivity index is 1.25. The van der Waals surface area contributed by atoms with Crippen molar-refractivity contribution in [3.63, 3.8) is 0 Å². The van der Waals surface area contributed by atoms with Gasteiger partial charge in [0.15, 0.2) is 11.6 Å². The lowest BCUT2D eigenvalue weighted by molar-refractivity contribution is -0.126. The Bertz CT molecular complexity index is 1720. The van der Waals surface area contributed by atoms with E-state index in [0.717, 1.165) is 40.2 Å². The lowest BCUT2D eigenvalue weighted by Gasteiger charge is -2.09. The molecular formula is C34H30F2N2O3S. The molecule has 0 bridgehead atoms. The van der Waals surface area contributed by atoms with Crippen molar-refractivity contribution in [2.45, 2.75) is 39.2 Å². The highest BCUT2D eigenvalue weighted by molar-refractivity contribution is 7.22. The predicted molar refractivity (Wildman–Crippen MR) is 162 cm³/mol. The largest absolute Gasteiger partial charge is 0.453 e. The molecule has 0 spiro atoms. The summed E-state index contributed by atoms with van der Waals surface area (Å²) in [4.78, 5) is 30.3. The fourth-order valence-electron chi connectivity index (χ4n) is 4.64. The molecule has 0 saturated heterocycles. The number of hydrogen-bond donors (Lipinski definition) is 1. The van der Waals surface area contributed by atoms with Crippen LogP contribution < -0.4 is 10.1 Å². The van der Waals surface area contributed by atoms with Gasteiger partial charge < -0.3 is 10.1 Å². The number of nitrogens with zero attached hydrogens (tertiary/aromatic N) is 1. The van der Waals surface area contributed by atoms with Gasteiger partial charge in [-0.2, -0.15) is 0 Å². The van der Waals surface area contributed by atoms with E-state index in [2.05, 4.69) is 35.4 Å². The fourth-order valence-corrected chi connectivity index (χ4v) is 5.70. The summed E-state index contributed by atoms with van der Waals surface area (Å²) in [6.07, 6.45) is 2.40. The smallest absolute Gasteiger partial charge is 0.166 e. The van der Waals surface area contributed by atoms with Crippen molar-refractivity contribution >= 4 is 33.1 Å². The minimum Gasteiger partial charge on any atom is -0.453 e.